The van der Waals surface area contributed by atoms with Crippen molar-refractivity contribution in [3.8, 4) is 11.6 Å². The van der Waals surface area contributed by atoms with Crippen LogP contribution in [0.3, 0.4) is 0 Å². The Hall–Kier alpha value is -3.30. The summed E-state index contributed by atoms with van der Waals surface area (Å²) < 4.78 is 44.8. The molecule has 10 heteroatoms. The van der Waals surface area contributed by atoms with Gasteiger partial charge in [0.1, 0.15) is 11.6 Å². The first kappa shape index (κ1) is 24.8. The molecule has 1 aliphatic carbocycles. The Morgan fingerprint density at radius 2 is 1.97 bits per heavy atom. The second-order valence-corrected chi connectivity index (χ2v) is 9.06. The first-order chi connectivity index (χ1) is 16.7. The second-order valence-electron chi connectivity index (χ2n) is 9.06. The molecule has 1 aliphatic rings. The van der Waals surface area contributed by atoms with Gasteiger partial charge in [-0.2, -0.15) is 18.2 Å². The van der Waals surface area contributed by atoms with E-state index in [-0.39, 0.29) is 24.5 Å². The summed E-state index contributed by atoms with van der Waals surface area (Å²) in [6.45, 7) is 2.01. The molecule has 2 N–H and O–H groups in total. The van der Waals surface area contributed by atoms with E-state index in [2.05, 4.69) is 15.6 Å². The van der Waals surface area contributed by atoms with Gasteiger partial charge in [-0.25, -0.2) is 4.98 Å². The minimum absolute atomic E-state index is 0.0121. The van der Waals surface area contributed by atoms with Crippen LogP contribution in [0.5, 0.6) is 5.75 Å². The fourth-order valence-corrected chi connectivity index (χ4v) is 4.57. The maximum Gasteiger partial charge on any atom is 0.389 e. The largest absolute Gasteiger partial charge is 0.493 e. The van der Waals surface area contributed by atoms with Gasteiger partial charge in [0.15, 0.2) is 0 Å². The molecule has 0 spiro atoms. The number of fused-ring (bicyclic) bond motifs is 1. The van der Waals surface area contributed by atoms with Gasteiger partial charge in [-0.3, -0.25) is 4.79 Å². The summed E-state index contributed by atoms with van der Waals surface area (Å²) in [6.07, 6.45) is 3.53. The van der Waals surface area contributed by atoms with Crippen LogP contribution in [0.15, 0.2) is 42.7 Å². The summed E-state index contributed by atoms with van der Waals surface area (Å²) in [5.41, 5.74) is 0.534. The predicted molar refractivity (Wildman–Crippen MR) is 128 cm³/mol. The van der Waals surface area contributed by atoms with Crippen LogP contribution in [0.1, 0.15) is 51.9 Å². The molecule has 0 atom stereocenters. The molecular weight excluding hydrogens is 459 g/mol. The number of rotatable bonds is 9. The second kappa shape index (κ2) is 10.5. The van der Waals surface area contributed by atoms with Gasteiger partial charge in [-0.05, 0) is 43.5 Å². The Bertz CT molecular complexity index is 1160. The fraction of sp³-hybridized carbons (Fsp3) is 0.480. The molecule has 1 fully saturated rings. The van der Waals surface area contributed by atoms with Gasteiger partial charge in [0.2, 0.25) is 11.9 Å². The van der Waals surface area contributed by atoms with Gasteiger partial charge in [0.05, 0.1) is 17.7 Å². The quantitative estimate of drug-likeness (QED) is 0.394. The van der Waals surface area contributed by atoms with Crippen molar-refractivity contribution in [2.24, 2.45) is 0 Å². The maximum absolute atomic E-state index is 12.4. The summed E-state index contributed by atoms with van der Waals surface area (Å²) in [4.78, 5) is 20.7. The maximum atomic E-state index is 12.4. The molecule has 0 aliphatic heterocycles. The molecule has 3 aromatic rings. The molecule has 2 heterocycles. The van der Waals surface area contributed by atoms with Gasteiger partial charge >= 0.3 is 6.18 Å². The zero-order valence-electron chi connectivity index (χ0n) is 19.7. The van der Waals surface area contributed by atoms with Crippen LogP contribution in [0.25, 0.3) is 16.7 Å². The van der Waals surface area contributed by atoms with Crippen molar-refractivity contribution >= 4 is 22.8 Å². The smallest absolute Gasteiger partial charge is 0.389 e. The van der Waals surface area contributed by atoms with Crippen molar-refractivity contribution in [2.45, 2.75) is 63.6 Å². The Morgan fingerprint density at radius 3 is 2.71 bits per heavy atom. The standard InChI is InChI=1S/C25H30F3N5O2/c1-18(34)30-17-24(11-3-2-4-12-24)32-23-29-14-9-22(31-23)33-15-10-19-20(33)7-5-8-21(19)35-16-6-13-25(26,27)28/h5,7-10,14-15H,2-4,6,11-13,16-17H2,1H3,(H,30,34)(H,29,31,32). The number of hydrogen-bond acceptors (Lipinski definition) is 5. The number of nitrogens with one attached hydrogen (secondary N) is 2. The number of alkyl halides is 3. The monoisotopic (exact) mass is 489 g/mol. The minimum Gasteiger partial charge on any atom is -0.493 e. The van der Waals surface area contributed by atoms with E-state index < -0.39 is 12.6 Å². The molecule has 1 aromatic carbocycles. The van der Waals surface area contributed by atoms with E-state index in [1.807, 2.05) is 29.0 Å². The van der Waals surface area contributed by atoms with Gasteiger partial charge in [-0.15, -0.1) is 0 Å². The lowest BCUT2D eigenvalue weighted by Crippen LogP contribution is -2.50. The highest BCUT2D eigenvalue weighted by Crippen LogP contribution is 2.32. The SMILES string of the molecule is CC(=O)NCC1(Nc2nccc(-n3ccc4c(OCCCC(F)(F)F)cccc43)n2)CCCCC1. The number of hydrogen-bond donors (Lipinski definition) is 2. The van der Waals surface area contributed by atoms with Crippen molar-refractivity contribution in [3.05, 3.63) is 42.7 Å². The Labute approximate surface area is 202 Å². The lowest BCUT2D eigenvalue weighted by Gasteiger charge is -2.38. The number of aromatic nitrogens is 3. The molecule has 0 radical (unpaired) electrons. The van der Waals surface area contributed by atoms with Gasteiger partial charge in [0.25, 0.3) is 0 Å². The molecule has 7 nitrogen and oxygen atoms in total. The predicted octanol–water partition coefficient (Wildman–Crippen LogP) is 5.39. The molecule has 0 unspecified atom stereocenters. The zero-order chi connectivity index (χ0) is 24.9. The normalized spacial score (nSPS) is 15.7. The fourth-order valence-electron chi connectivity index (χ4n) is 4.57. The highest BCUT2D eigenvalue weighted by atomic mass is 19.4. The van der Waals surface area contributed by atoms with Crippen LogP contribution in [-0.2, 0) is 4.79 Å². The summed E-state index contributed by atoms with van der Waals surface area (Å²) in [5.74, 6) is 1.60. The first-order valence-corrected chi connectivity index (χ1v) is 11.9. The van der Waals surface area contributed by atoms with Crippen LogP contribution in [-0.4, -0.2) is 45.3 Å². The topological polar surface area (TPSA) is 81.1 Å². The average molecular weight is 490 g/mol. The van der Waals surface area contributed by atoms with Crippen molar-refractivity contribution in [2.75, 3.05) is 18.5 Å². The molecule has 1 amide bonds. The number of carbonyl (C=O) groups is 1. The first-order valence-electron chi connectivity index (χ1n) is 11.9. The Balaban J connectivity index is 1.53. The zero-order valence-corrected chi connectivity index (χ0v) is 19.7. The van der Waals surface area contributed by atoms with E-state index >= 15 is 0 Å². The molecule has 35 heavy (non-hydrogen) atoms. The third-order valence-corrected chi connectivity index (χ3v) is 6.31. The highest BCUT2D eigenvalue weighted by molar-refractivity contribution is 5.87. The van der Waals surface area contributed by atoms with Crippen LogP contribution < -0.4 is 15.4 Å². The van der Waals surface area contributed by atoms with E-state index in [4.69, 9.17) is 9.72 Å². The molecule has 4 rings (SSSR count). The van der Waals surface area contributed by atoms with E-state index in [0.717, 1.165) is 36.6 Å². The number of anilines is 1. The van der Waals surface area contributed by atoms with Gasteiger partial charge in [0, 0.05) is 37.7 Å². The lowest BCUT2D eigenvalue weighted by molar-refractivity contribution is -0.136. The van der Waals surface area contributed by atoms with E-state index in [9.17, 15) is 18.0 Å². The molecule has 188 valence electrons. The summed E-state index contributed by atoms with van der Waals surface area (Å²) in [7, 11) is 0. The third-order valence-electron chi connectivity index (χ3n) is 6.31. The molecule has 0 bridgehead atoms. The average Bonchev–Trinajstić information content (AvgIpc) is 3.26. The van der Waals surface area contributed by atoms with Crippen molar-refractivity contribution in [1.82, 2.24) is 19.9 Å². The summed E-state index contributed by atoms with van der Waals surface area (Å²) in [5, 5.41) is 7.22. The van der Waals surface area contributed by atoms with Crippen molar-refractivity contribution in [3.63, 3.8) is 0 Å². The van der Waals surface area contributed by atoms with Crippen LogP contribution in [0, 0.1) is 0 Å². The minimum atomic E-state index is -4.18. The van der Waals surface area contributed by atoms with Gasteiger partial charge in [-0.1, -0.05) is 25.3 Å². The van der Waals surface area contributed by atoms with Crippen LogP contribution in [0.2, 0.25) is 0 Å². The Kier molecular flexibility index (Phi) is 7.47. The highest BCUT2D eigenvalue weighted by Gasteiger charge is 2.33. The molecular formula is C25H30F3N5O2. The molecule has 0 saturated heterocycles. The van der Waals surface area contributed by atoms with E-state index in [1.165, 1.54) is 13.3 Å². The summed E-state index contributed by atoms with van der Waals surface area (Å²) >= 11 is 0. The molecule has 2 aromatic heterocycles. The number of nitrogens with zero attached hydrogens (tertiary/aromatic N) is 3. The number of halogens is 3. The number of amides is 1. The van der Waals surface area contributed by atoms with Crippen LogP contribution >= 0.6 is 0 Å². The number of ether oxygens (including phenoxy) is 1. The number of carbonyl (C=O) groups excluding carboxylic acids is 1. The molecule has 1 saturated carbocycles. The van der Waals surface area contributed by atoms with Crippen LogP contribution in [0.4, 0.5) is 19.1 Å². The number of benzene rings is 1. The third kappa shape index (κ3) is 6.43. The van der Waals surface area contributed by atoms with Gasteiger partial charge < -0.3 is 19.9 Å². The van der Waals surface area contributed by atoms with Crippen molar-refractivity contribution < 1.29 is 22.7 Å². The summed E-state index contributed by atoms with van der Waals surface area (Å²) in [6, 6.07) is 9.13. The van der Waals surface area contributed by atoms with Crippen molar-refractivity contribution in [1.29, 1.82) is 0 Å². The Morgan fingerprint density at radius 1 is 1.17 bits per heavy atom. The van der Waals surface area contributed by atoms with E-state index in [0.29, 0.717) is 24.1 Å². The lowest BCUT2D eigenvalue weighted by atomic mass is 9.81. The van der Waals surface area contributed by atoms with E-state index in [1.54, 1.807) is 18.3 Å².